The number of primary sulfonamides is 1. The molecule has 5 heteroatoms. The lowest BCUT2D eigenvalue weighted by Gasteiger charge is -2.35. The highest BCUT2D eigenvalue weighted by molar-refractivity contribution is 7.89. The summed E-state index contributed by atoms with van der Waals surface area (Å²) < 4.78 is 23.1. The van der Waals surface area contributed by atoms with E-state index in [2.05, 4.69) is 19.2 Å². The largest absolute Gasteiger partial charge is 0.382 e. The molecule has 0 aromatic heterocycles. The molecule has 0 amide bonds. The average Bonchev–Trinajstić information content (AvgIpc) is 2.36. The van der Waals surface area contributed by atoms with Crippen molar-refractivity contribution in [2.24, 2.45) is 17.0 Å². The van der Waals surface area contributed by atoms with Crippen molar-refractivity contribution in [3.8, 4) is 0 Å². The lowest BCUT2D eigenvalue weighted by atomic mass is 9.78. The summed E-state index contributed by atoms with van der Waals surface area (Å²) in [5, 5.41) is 8.73. The van der Waals surface area contributed by atoms with E-state index >= 15 is 0 Å². The lowest BCUT2D eigenvalue weighted by Crippen LogP contribution is -2.35. The third-order valence-electron chi connectivity index (χ3n) is 4.55. The van der Waals surface area contributed by atoms with E-state index in [1.54, 1.807) is 19.1 Å². The van der Waals surface area contributed by atoms with Crippen LogP contribution in [0.25, 0.3) is 0 Å². The Kier molecular flexibility index (Phi) is 4.39. The van der Waals surface area contributed by atoms with Crippen molar-refractivity contribution in [3.05, 3.63) is 23.8 Å². The van der Waals surface area contributed by atoms with E-state index in [4.69, 9.17) is 5.14 Å². The van der Waals surface area contributed by atoms with Crippen LogP contribution in [0.1, 0.15) is 38.7 Å². The maximum absolute atomic E-state index is 11.6. The van der Waals surface area contributed by atoms with Crippen LogP contribution in [0, 0.1) is 18.8 Å². The highest BCUT2D eigenvalue weighted by atomic mass is 32.2. The second-order valence-corrected chi connectivity index (χ2v) is 7.57. The van der Waals surface area contributed by atoms with E-state index in [1.165, 1.54) is 12.8 Å². The smallest absolute Gasteiger partial charge is 0.238 e. The predicted octanol–water partition coefficient (Wildman–Crippen LogP) is 2.88. The first-order valence-corrected chi connectivity index (χ1v) is 8.73. The fourth-order valence-corrected chi connectivity index (χ4v) is 3.80. The van der Waals surface area contributed by atoms with Crippen molar-refractivity contribution in [2.75, 3.05) is 5.32 Å². The Balaban J connectivity index is 2.22. The van der Waals surface area contributed by atoms with Gasteiger partial charge in [0, 0.05) is 11.7 Å². The van der Waals surface area contributed by atoms with Gasteiger partial charge in [-0.05, 0) is 42.9 Å². The van der Waals surface area contributed by atoms with Crippen molar-refractivity contribution in [3.63, 3.8) is 0 Å². The van der Waals surface area contributed by atoms with Crippen molar-refractivity contribution in [1.82, 2.24) is 0 Å². The summed E-state index contributed by atoms with van der Waals surface area (Å²) in [6.45, 7) is 6.30. The highest BCUT2D eigenvalue weighted by Gasteiger charge is 2.27. The number of anilines is 1. The molecule has 3 N–H and O–H groups in total. The Bertz CT molecular complexity index is 584. The molecule has 1 aliphatic rings. The van der Waals surface area contributed by atoms with Crippen LogP contribution in [-0.2, 0) is 10.0 Å². The molecule has 1 fully saturated rings. The van der Waals surface area contributed by atoms with Crippen LogP contribution >= 0.6 is 0 Å². The van der Waals surface area contributed by atoms with Gasteiger partial charge in [-0.15, -0.1) is 0 Å². The SMILES string of the molecule is Cc1ccc(NC2CCCC(C)C2C)cc1S(N)(=O)=O. The molecule has 1 saturated carbocycles. The summed E-state index contributed by atoms with van der Waals surface area (Å²) >= 11 is 0. The van der Waals surface area contributed by atoms with Crippen LogP contribution < -0.4 is 10.5 Å². The molecule has 112 valence electrons. The zero-order valence-corrected chi connectivity index (χ0v) is 13.2. The molecule has 0 spiro atoms. The normalized spacial score (nSPS) is 27.3. The van der Waals surface area contributed by atoms with Crippen molar-refractivity contribution in [2.45, 2.75) is 51.0 Å². The number of sulfonamides is 1. The predicted molar refractivity (Wildman–Crippen MR) is 82.1 cm³/mol. The van der Waals surface area contributed by atoms with Crippen LogP contribution in [0.15, 0.2) is 23.1 Å². The summed E-state index contributed by atoms with van der Waals surface area (Å²) in [7, 11) is -3.66. The van der Waals surface area contributed by atoms with Crippen LogP contribution in [0.2, 0.25) is 0 Å². The van der Waals surface area contributed by atoms with Crippen LogP contribution in [0.4, 0.5) is 5.69 Å². The molecule has 0 bridgehead atoms. The standard InChI is InChI=1S/C15H24N2O2S/c1-10-5-4-6-14(12(10)3)17-13-8-7-11(2)15(9-13)20(16,18)19/h7-10,12,14,17H,4-6H2,1-3H3,(H2,16,18,19). The molecule has 3 atom stereocenters. The lowest BCUT2D eigenvalue weighted by molar-refractivity contribution is 0.253. The van der Waals surface area contributed by atoms with Crippen molar-refractivity contribution >= 4 is 15.7 Å². The summed E-state index contributed by atoms with van der Waals surface area (Å²) in [5.41, 5.74) is 1.52. The van der Waals surface area contributed by atoms with Crippen LogP contribution in [0.5, 0.6) is 0 Å². The maximum Gasteiger partial charge on any atom is 0.238 e. The number of benzene rings is 1. The molecule has 3 unspecified atom stereocenters. The number of hydrogen-bond acceptors (Lipinski definition) is 3. The molecular weight excluding hydrogens is 272 g/mol. The molecule has 2 rings (SSSR count). The molecule has 4 nitrogen and oxygen atoms in total. The van der Waals surface area contributed by atoms with Crippen molar-refractivity contribution in [1.29, 1.82) is 0 Å². The fourth-order valence-electron chi connectivity index (χ4n) is 3.00. The summed E-state index contributed by atoms with van der Waals surface area (Å²) in [6.07, 6.45) is 3.62. The number of nitrogens with one attached hydrogen (secondary N) is 1. The third kappa shape index (κ3) is 3.33. The second-order valence-electron chi connectivity index (χ2n) is 6.04. The molecule has 1 aromatic rings. The van der Waals surface area contributed by atoms with Gasteiger partial charge in [0.1, 0.15) is 0 Å². The molecule has 20 heavy (non-hydrogen) atoms. The van der Waals surface area contributed by atoms with E-state index in [9.17, 15) is 8.42 Å². The Morgan fingerprint density at radius 1 is 1.25 bits per heavy atom. The number of hydrogen-bond donors (Lipinski definition) is 2. The molecule has 0 saturated heterocycles. The zero-order chi connectivity index (χ0) is 14.9. The molecule has 0 heterocycles. The Morgan fingerprint density at radius 2 is 1.95 bits per heavy atom. The molecular formula is C15H24N2O2S. The number of aryl methyl sites for hydroxylation is 1. The molecule has 1 aromatic carbocycles. The third-order valence-corrected chi connectivity index (χ3v) is 5.61. The van der Waals surface area contributed by atoms with Gasteiger partial charge in [-0.25, -0.2) is 13.6 Å². The van der Waals surface area contributed by atoms with Gasteiger partial charge in [-0.2, -0.15) is 0 Å². The molecule has 0 radical (unpaired) electrons. The van der Waals surface area contributed by atoms with E-state index in [0.717, 1.165) is 12.1 Å². The number of nitrogens with two attached hydrogens (primary N) is 1. The van der Waals surface area contributed by atoms with E-state index in [-0.39, 0.29) is 4.90 Å². The summed E-state index contributed by atoms with van der Waals surface area (Å²) in [6, 6.07) is 5.78. The van der Waals surface area contributed by atoms with E-state index in [0.29, 0.717) is 23.4 Å². The minimum absolute atomic E-state index is 0.207. The van der Waals surface area contributed by atoms with Gasteiger partial charge in [-0.1, -0.05) is 32.8 Å². The first-order chi connectivity index (χ1) is 9.29. The summed E-state index contributed by atoms with van der Waals surface area (Å²) in [4.78, 5) is 0.207. The van der Waals surface area contributed by atoms with E-state index < -0.39 is 10.0 Å². The van der Waals surface area contributed by atoms with E-state index in [1.807, 2.05) is 6.07 Å². The minimum Gasteiger partial charge on any atom is -0.382 e. The van der Waals surface area contributed by atoms with Crippen LogP contribution in [0.3, 0.4) is 0 Å². The van der Waals surface area contributed by atoms with Gasteiger partial charge in [0.15, 0.2) is 0 Å². The molecule has 0 aliphatic heterocycles. The van der Waals surface area contributed by atoms with Gasteiger partial charge in [0.05, 0.1) is 4.90 Å². The first kappa shape index (κ1) is 15.3. The Hall–Kier alpha value is -1.07. The quantitative estimate of drug-likeness (QED) is 0.901. The maximum atomic E-state index is 11.6. The van der Waals surface area contributed by atoms with Crippen LogP contribution in [-0.4, -0.2) is 14.5 Å². The highest BCUT2D eigenvalue weighted by Crippen LogP contribution is 2.32. The van der Waals surface area contributed by atoms with Gasteiger partial charge >= 0.3 is 0 Å². The Morgan fingerprint density at radius 3 is 2.60 bits per heavy atom. The number of rotatable bonds is 3. The van der Waals surface area contributed by atoms with Gasteiger partial charge in [0.25, 0.3) is 0 Å². The van der Waals surface area contributed by atoms with Gasteiger partial charge in [-0.3, -0.25) is 0 Å². The Labute approximate surface area is 121 Å². The zero-order valence-electron chi connectivity index (χ0n) is 12.4. The van der Waals surface area contributed by atoms with Gasteiger partial charge in [0.2, 0.25) is 10.0 Å². The minimum atomic E-state index is -3.66. The first-order valence-electron chi connectivity index (χ1n) is 7.19. The second kappa shape index (κ2) is 5.74. The monoisotopic (exact) mass is 296 g/mol. The summed E-state index contributed by atoms with van der Waals surface area (Å²) in [5.74, 6) is 1.28. The van der Waals surface area contributed by atoms with Crippen molar-refractivity contribution < 1.29 is 8.42 Å². The fraction of sp³-hybridized carbons (Fsp3) is 0.600. The van der Waals surface area contributed by atoms with Gasteiger partial charge < -0.3 is 5.32 Å². The topological polar surface area (TPSA) is 72.2 Å². The average molecular weight is 296 g/mol. The molecule has 1 aliphatic carbocycles.